The molecule has 0 aliphatic rings. The van der Waals surface area contributed by atoms with Crippen molar-refractivity contribution >= 4 is 17.7 Å². The summed E-state index contributed by atoms with van der Waals surface area (Å²) in [5.74, 6) is -0.322. The van der Waals surface area contributed by atoms with Crippen molar-refractivity contribution in [2.24, 2.45) is 0 Å². The van der Waals surface area contributed by atoms with Crippen LogP contribution in [0.1, 0.15) is 16.1 Å². The Labute approximate surface area is 114 Å². The maximum atomic E-state index is 11.6. The topological polar surface area (TPSA) is 102 Å². The molecule has 0 saturated carbocycles. The Kier molecular flexibility index (Phi) is 3.99. The van der Waals surface area contributed by atoms with Gasteiger partial charge in [0.15, 0.2) is 12.4 Å². The number of ether oxygens (including phenoxy) is 1. The molecule has 0 spiro atoms. The van der Waals surface area contributed by atoms with Crippen LogP contribution in [0.4, 0.5) is 5.82 Å². The molecule has 0 bridgehead atoms. The molecule has 0 unspecified atom stereocenters. The fourth-order valence-electron chi connectivity index (χ4n) is 1.42. The number of carbonyl (C=O) groups excluding carboxylic acids is 2. The van der Waals surface area contributed by atoms with E-state index in [1.165, 1.54) is 24.3 Å². The Bertz CT molecular complexity index is 618. The molecule has 2 rings (SSSR count). The number of hydrogen-bond donors (Lipinski definition) is 2. The predicted molar refractivity (Wildman–Crippen MR) is 68.3 cm³/mol. The molecule has 1 amide bonds. The minimum absolute atomic E-state index is 0.0423. The van der Waals surface area contributed by atoms with E-state index in [1.807, 2.05) is 0 Å². The number of hydrogen-bond acceptors (Lipinski definition) is 6. The van der Waals surface area contributed by atoms with Crippen LogP contribution in [0.5, 0.6) is 5.75 Å². The van der Waals surface area contributed by atoms with Gasteiger partial charge in [0.1, 0.15) is 11.5 Å². The van der Waals surface area contributed by atoms with E-state index in [4.69, 9.17) is 14.4 Å². The molecular formula is C13H12N2O5. The number of phenols is 1. The van der Waals surface area contributed by atoms with Crippen molar-refractivity contribution in [3.05, 3.63) is 41.7 Å². The number of nitrogens with zero attached hydrogens (tertiary/aromatic N) is 1. The van der Waals surface area contributed by atoms with Gasteiger partial charge in [0.2, 0.25) is 0 Å². The number of aryl methyl sites for hydroxylation is 1. The second-order valence-corrected chi connectivity index (χ2v) is 3.99. The second kappa shape index (κ2) is 5.87. The lowest BCUT2D eigenvalue weighted by Gasteiger charge is -2.04. The molecule has 2 aromatic rings. The summed E-state index contributed by atoms with van der Waals surface area (Å²) in [6, 6.07) is 7.05. The van der Waals surface area contributed by atoms with E-state index >= 15 is 0 Å². The van der Waals surface area contributed by atoms with Gasteiger partial charge in [-0.3, -0.25) is 4.79 Å². The number of phenolic OH excluding ortho intramolecular Hbond substituents is 1. The summed E-state index contributed by atoms with van der Waals surface area (Å²) in [4.78, 5) is 23.1. The summed E-state index contributed by atoms with van der Waals surface area (Å²) in [5, 5.41) is 15.1. The lowest BCUT2D eigenvalue weighted by Crippen LogP contribution is -2.21. The number of aromatic hydroxyl groups is 1. The molecule has 0 atom stereocenters. The highest BCUT2D eigenvalue weighted by Crippen LogP contribution is 2.11. The van der Waals surface area contributed by atoms with Crippen LogP contribution in [0.25, 0.3) is 0 Å². The molecule has 0 aliphatic heterocycles. The minimum Gasteiger partial charge on any atom is -0.508 e. The molecule has 20 heavy (non-hydrogen) atoms. The van der Waals surface area contributed by atoms with Gasteiger partial charge in [-0.05, 0) is 31.2 Å². The zero-order chi connectivity index (χ0) is 14.5. The largest absolute Gasteiger partial charge is 0.508 e. The second-order valence-electron chi connectivity index (χ2n) is 3.99. The summed E-state index contributed by atoms with van der Waals surface area (Å²) in [6.07, 6.45) is 0. The SMILES string of the molecule is Cc1cc(NC(=O)COC(=O)c2ccc(O)cc2)no1. The van der Waals surface area contributed by atoms with Crippen molar-refractivity contribution in [2.45, 2.75) is 6.92 Å². The van der Waals surface area contributed by atoms with Crippen LogP contribution >= 0.6 is 0 Å². The van der Waals surface area contributed by atoms with Crippen molar-refractivity contribution in [1.82, 2.24) is 5.16 Å². The van der Waals surface area contributed by atoms with Gasteiger partial charge in [0.05, 0.1) is 5.56 Å². The first kappa shape index (κ1) is 13.6. The standard InChI is InChI=1S/C13H12N2O5/c1-8-6-11(15-20-8)14-12(17)7-19-13(18)9-2-4-10(16)5-3-9/h2-6,16H,7H2,1H3,(H,14,15,17). The van der Waals surface area contributed by atoms with E-state index in [9.17, 15) is 9.59 Å². The van der Waals surface area contributed by atoms with E-state index in [-0.39, 0.29) is 17.1 Å². The molecule has 104 valence electrons. The third kappa shape index (κ3) is 3.58. The Balaban J connectivity index is 1.84. The van der Waals surface area contributed by atoms with Crippen molar-refractivity contribution in [2.75, 3.05) is 11.9 Å². The van der Waals surface area contributed by atoms with E-state index < -0.39 is 18.5 Å². The molecule has 1 heterocycles. The summed E-state index contributed by atoms with van der Waals surface area (Å²) in [7, 11) is 0. The molecule has 0 fully saturated rings. The fourth-order valence-corrected chi connectivity index (χ4v) is 1.42. The Hall–Kier alpha value is -2.83. The zero-order valence-electron chi connectivity index (χ0n) is 10.6. The van der Waals surface area contributed by atoms with Crippen molar-refractivity contribution in [3.8, 4) is 5.75 Å². The molecule has 2 N–H and O–H groups in total. The monoisotopic (exact) mass is 276 g/mol. The maximum absolute atomic E-state index is 11.6. The Morgan fingerprint density at radius 3 is 2.65 bits per heavy atom. The number of carbonyl (C=O) groups is 2. The van der Waals surface area contributed by atoms with Gasteiger partial charge in [-0.2, -0.15) is 0 Å². The molecular weight excluding hydrogens is 264 g/mol. The van der Waals surface area contributed by atoms with E-state index in [0.717, 1.165) is 0 Å². The van der Waals surface area contributed by atoms with Gasteiger partial charge < -0.3 is 19.7 Å². The van der Waals surface area contributed by atoms with Crippen LogP contribution in [0.3, 0.4) is 0 Å². The summed E-state index contributed by atoms with van der Waals surface area (Å²) in [5.41, 5.74) is 0.243. The summed E-state index contributed by atoms with van der Waals surface area (Å²) < 4.78 is 9.59. The molecule has 0 radical (unpaired) electrons. The van der Waals surface area contributed by atoms with E-state index in [1.54, 1.807) is 13.0 Å². The molecule has 7 nitrogen and oxygen atoms in total. The van der Waals surface area contributed by atoms with Gasteiger partial charge in [-0.1, -0.05) is 5.16 Å². The maximum Gasteiger partial charge on any atom is 0.338 e. The predicted octanol–water partition coefficient (Wildman–Crippen LogP) is 1.48. The average molecular weight is 276 g/mol. The molecule has 1 aromatic carbocycles. The highest BCUT2D eigenvalue weighted by atomic mass is 16.5. The smallest absolute Gasteiger partial charge is 0.338 e. The number of amides is 1. The molecule has 0 saturated heterocycles. The Morgan fingerprint density at radius 2 is 2.05 bits per heavy atom. The number of nitrogens with one attached hydrogen (secondary N) is 1. The fraction of sp³-hybridized carbons (Fsp3) is 0.154. The van der Waals surface area contributed by atoms with Gasteiger partial charge in [0.25, 0.3) is 5.91 Å². The zero-order valence-corrected chi connectivity index (χ0v) is 10.6. The highest BCUT2D eigenvalue weighted by molar-refractivity contribution is 5.95. The number of esters is 1. The number of anilines is 1. The highest BCUT2D eigenvalue weighted by Gasteiger charge is 2.11. The van der Waals surface area contributed by atoms with E-state index in [0.29, 0.717) is 5.76 Å². The van der Waals surface area contributed by atoms with Crippen LogP contribution < -0.4 is 5.32 Å². The summed E-state index contributed by atoms with van der Waals surface area (Å²) in [6.45, 7) is 1.25. The lowest BCUT2D eigenvalue weighted by atomic mass is 10.2. The minimum atomic E-state index is -0.656. The third-order valence-corrected chi connectivity index (χ3v) is 2.33. The third-order valence-electron chi connectivity index (χ3n) is 2.33. The normalized spacial score (nSPS) is 10.1. The first-order chi connectivity index (χ1) is 9.54. The lowest BCUT2D eigenvalue weighted by molar-refractivity contribution is -0.119. The van der Waals surface area contributed by atoms with Gasteiger partial charge >= 0.3 is 5.97 Å². The Morgan fingerprint density at radius 1 is 1.35 bits per heavy atom. The van der Waals surface area contributed by atoms with E-state index in [2.05, 4.69) is 10.5 Å². The quantitative estimate of drug-likeness (QED) is 0.820. The van der Waals surface area contributed by atoms with Gasteiger partial charge in [-0.15, -0.1) is 0 Å². The van der Waals surface area contributed by atoms with Gasteiger partial charge in [-0.25, -0.2) is 4.79 Å². The van der Waals surface area contributed by atoms with Crippen molar-refractivity contribution < 1.29 is 24.0 Å². The number of benzene rings is 1. The molecule has 0 aliphatic carbocycles. The van der Waals surface area contributed by atoms with Crippen molar-refractivity contribution in [1.29, 1.82) is 0 Å². The first-order valence-electron chi connectivity index (χ1n) is 5.74. The van der Waals surface area contributed by atoms with Crippen LogP contribution in [-0.2, 0) is 9.53 Å². The number of aromatic nitrogens is 1. The summed E-state index contributed by atoms with van der Waals surface area (Å²) >= 11 is 0. The molecule has 7 heteroatoms. The first-order valence-corrected chi connectivity index (χ1v) is 5.74. The average Bonchev–Trinajstić information content (AvgIpc) is 2.82. The molecule has 1 aromatic heterocycles. The number of rotatable bonds is 4. The van der Waals surface area contributed by atoms with Gasteiger partial charge in [0, 0.05) is 6.07 Å². The van der Waals surface area contributed by atoms with Crippen LogP contribution in [0, 0.1) is 6.92 Å². The van der Waals surface area contributed by atoms with Crippen LogP contribution in [0.15, 0.2) is 34.9 Å². The van der Waals surface area contributed by atoms with Crippen LogP contribution in [0.2, 0.25) is 0 Å². The van der Waals surface area contributed by atoms with Crippen LogP contribution in [-0.4, -0.2) is 28.7 Å². The van der Waals surface area contributed by atoms with Crippen molar-refractivity contribution in [3.63, 3.8) is 0 Å².